The van der Waals surface area contributed by atoms with Crippen LogP contribution in [0.25, 0.3) is 22.3 Å². The number of amides is 1. The second-order valence-corrected chi connectivity index (χ2v) is 7.88. The van der Waals surface area contributed by atoms with Crippen LogP contribution in [0.4, 0.5) is 10.1 Å². The van der Waals surface area contributed by atoms with Crippen LogP contribution >= 0.6 is 0 Å². The van der Waals surface area contributed by atoms with Crippen molar-refractivity contribution in [3.05, 3.63) is 71.4 Å². The maximum absolute atomic E-state index is 14.7. The SMILES string of the molecule is Cc1cc(C(=O)Nc2ccc(F)c(-c3nnc4n3CCCCC4)c2)c2ccccc2n1. The average molecular weight is 415 g/mol. The van der Waals surface area contributed by atoms with Gasteiger partial charge in [-0.3, -0.25) is 9.78 Å². The second kappa shape index (κ2) is 7.91. The molecule has 3 heterocycles. The highest BCUT2D eigenvalue weighted by Gasteiger charge is 2.20. The van der Waals surface area contributed by atoms with E-state index in [4.69, 9.17) is 0 Å². The fraction of sp³-hybridized carbons (Fsp3) is 0.250. The summed E-state index contributed by atoms with van der Waals surface area (Å²) in [5.41, 5.74) is 2.90. The van der Waals surface area contributed by atoms with Crippen molar-refractivity contribution >= 4 is 22.5 Å². The van der Waals surface area contributed by atoms with Gasteiger partial charge in [0.2, 0.25) is 0 Å². The number of carbonyl (C=O) groups excluding carboxylic acids is 1. The number of carbonyl (C=O) groups is 1. The molecule has 6 nitrogen and oxygen atoms in total. The van der Waals surface area contributed by atoms with Crippen LogP contribution in [0, 0.1) is 12.7 Å². The summed E-state index contributed by atoms with van der Waals surface area (Å²) >= 11 is 0. The number of hydrogen-bond acceptors (Lipinski definition) is 4. The molecule has 0 atom stereocenters. The number of pyridine rings is 1. The number of nitrogens with one attached hydrogen (secondary N) is 1. The lowest BCUT2D eigenvalue weighted by molar-refractivity contribution is 0.102. The standard InChI is InChI=1S/C24H22FN5O/c1-15-13-18(17-7-4-5-8-21(17)26-15)24(31)27-16-10-11-20(25)19(14-16)23-29-28-22-9-3-2-6-12-30(22)23/h4-5,7-8,10-11,13-14H,2-3,6,9,12H2,1H3,(H,27,31). The molecule has 0 bridgehead atoms. The van der Waals surface area contributed by atoms with Crippen molar-refractivity contribution in [1.29, 1.82) is 0 Å². The lowest BCUT2D eigenvalue weighted by Crippen LogP contribution is -2.13. The lowest BCUT2D eigenvalue weighted by atomic mass is 10.1. The van der Waals surface area contributed by atoms with Crippen LogP contribution in [0.1, 0.15) is 41.1 Å². The van der Waals surface area contributed by atoms with Crippen molar-refractivity contribution in [1.82, 2.24) is 19.7 Å². The molecule has 5 rings (SSSR count). The molecular formula is C24H22FN5O. The minimum Gasteiger partial charge on any atom is -0.322 e. The molecule has 156 valence electrons. The summed E-state index contributed by atoms with van der Waals surface area (Å²) in [6.07, 6.45) is 4.06. The number of fused-ring (bicyclic) bond motifs is 2. The van der Waals surface area contributed by atoms with Crippen LogP contribution in [0.15, 0.2) is 48.5 Å². The number of anilines is 1. The predicted octanol–water partition coefficient (Wildman–Crippen LogP) is 4.92. The van der Waals surface area contributed by atoms with Crippen molar-refractivity contribution < 1.29 is 9.18 Å². The Kier molecular flexibility index (Phi) is 4.94. The lowest BCUT2D eigenvalue weighted by Gasteiger charge is -2.12. The Morgan fingerprint density at radius 1 is 1.06 bits per heavy atom. The molecule has 0 saturated carbocycles. The van der Waals surface area contributed by atoms with E-state index in [1.807, 2.05) is 35.8 Å². The van der Waals surface area contributed by atoms with E-state index in [1.165, 1.54) is 6.07 Å². The molecule has 0 unspecified atom stereocenters. The zero-order valence-corrected chi connectivity index (χ0v) is 17.2. The van der Waals surface area contributed by atoms with Crippen molar-refractivity contribution in [2.45, 2.75) is 39.2 Å². The minimum atomic E-state index is -0.386. The molecule has 4 aromatic rings. The predicted molar refractivity (Wildman–Crippen MR) is 117 cm³/mol. The first-order valence-corrected chi connectivity index (χ1v) is 10.5. The number of para-hydroxylation sites is 1. The van der Waals surface area contributed by atoms with Crippen LogP contribution in [-0.2, 0) is 13.0 Å². The zero-order valence-electron chi connectivity index (χ0n) is 17.2. The smallest absolute Gasteiger partial charge is 0.256 e. The summed E-state index contributed by atoms with van der Waals surface area (Å²) < 4.78 is 16.7. The minimum absolute atomic E-state index is 0.265. The van der Waals surface area contributed by atoms with E-state index in [0.29, 0.717) is 22.6 Å². The van der Waals surface area contributed by atoms with Gasteiger partial charge in [-0.25, -0.2) is 4.39 Å². The van der Waals surface area contributed by atoms with E-state index in [9.17, 15) is 9.18 Å². The van der Waals surface area contributed by atoms with Crippen LogP contribution in [0.2, 0.25) is 0 Å². The van der Waals surface area contributed by atoms with Crippen LogP contribution in [0.5, 0.6) is 0 Å². The number of hydrogen-bond donors (Lipinski definition) is 1. The van der Waals surface area contributed by atoms with E-state index >= 15 is 0 Å². The number of rotatable bonds is 3. The molecule has 2 aromatic carbocycles. The van der Waals surface area contributed by atoms with Gasteiger partial charge in [-0.2, -0.15) is 0 Å². The van der Waals surface area contributed by atoms with Gasteiger partial charge in [0.25, 0.3) is 5.91 Å². The van der Waals surface area contributed by atoms with Gasteiger partial charge in [-0.1, -0.05) is 24.6 Å². The third-order valence-corrected chi connectivity index (χ3v) is 5.66. The van der Waals surface area contributed by atoms with Gasteiger partial charge in [-0.15, -0.1) is 10.2 Å². The van der Waals surface area contributed by atoms with Crippen molar-refractivity contribution in [3.63, 3.8) is 0 Å². The zero-order chi connectivity index (χ0) is 21.4. The van der Waals surface area contributed by atoms with Gasteiger partial charge in [0.05, 0.1) is 16.6 Å². The van der Waals surface area contributed by atoms with E-state index < -0.39 is 0 Å². The molecule has 1 amide bonds. The Bertz CT molecular complexity index is 1300. The van der Waals surface area contributed by atoms with E-state index in [1.54, 1.807) is 18.2 Å². The quantitative estimate of drug-likeness (QED) is 0.516. The van der Waals surface area contributed by atoms with E-state index in [-0.39, 0.29) is 11.7 Å². The third-order valence-electron chi connectivity index (χ3n) is 5.66. The normalized spacial score (nSPS) is 13.6. The molecule has 0 aliphatic carbocycles. The molecule has 0 saturated heterocycles. The highest BCUT2D eigenvalue weighted by Crippen LogP contribution is 2.28. The summed E-state index contributed by atoms with van der Waals surface area (Å²) in [6, 6.07) is 13.8. The first-order valence-electron chi connectivity index (χ1n) is 10.5. The third kappa shape index (κ3) is 3.67. The van der Waals surface area contributed by atoms with Crippen molar-refractivity contribution in [2.24, 2.45) is 0 Å². The molecule has 31 heavy (non-hydrogen) atoms. The molecule has 2 aromatic heterocycles. The molecule has 1 N–H and O–H groups in total. The second-order valence-electron chi connectivity index (χ2n) is 7.88. The van der Waals surface area contributed by atoms with E-state index in [0.717, 1.165) is 54.6 Å². The van der Waals surface area contributed by atoms with Gasteiger partial charge in [0.15, 0.2) is 5.82 Å². The summed E-state index contributed by atoms with van der Waals surface area (Å²) in [5.74, 6) is 0.748. The van der Waals surface area contributed by atoms with Crippen molar-refractivity contribution in [2.75, 3.05) is 5.32 Å². The number of nitrogens with zero attached hydrogens (tertiary/aromatic N) is 4. The number of aromatic nitrogens is 4. The van der Waals surface area contributed by atoms with Crippen molar-refractivity contribution in [3.8, 4) is 11.4 Å². The van der Waals surface area contributed by atoms with Gasteiger partial charge >= 0.3 is 0 Å². The van der Waals surface area contributed by atoms with Crippen LogP contribution in [-0.4, -0.2) is 25.7 Å². The molecule has 1 aliphatic rings. The Morgan fingerprint density at radius 2 is 1.94 bits per heavy atom. The van der Waals surface area contributed by atoms with Gasteiger partial charge in [0, 0.05) is 29.7 Å². The number of halogens is 1. The Morgan fingerprint density at radius 3 is 2.84 bits per heavy atom. The maximum Gasteiger partial charge on any atom is 0.256 e. The summed E-state index contributed by atoms with van der Waals surface area (Å²) in [5, 5.41) is 12.2. The number of benzene rings is 2. The van der Waals surface area contributed by atoms with Gasteiger partial charge in [0.1, 0.15) is 11.6 Å². The van der Waals surface area contributed by atoms with Gasteiger partial charge in [-0.05, 0) is 50.1 Å². The fourth-order valence-corrected chi connectivity index (χ4v) is 4.15. The summed E-state index contributed by atoms with van der Waals surface area (Å²) in [7, 11) is 0. The maximum atomic E-state index is 14.7. The van der Waals surface area contributed by atoms with E-state index in [2.05, 4.69) is 20.5 Å². The van der Waals surface area contributed by atoms with Crippen LogP contribution < -0.4 is 5.32 Å². The van der Waals surface area contributed by atoms with Crippen LogP contribution in [0.3, 0.4) is 0 Å². The first-order chi connectivity index (χ1) is 15.1. The first kappa shape index (κ1) is 19.4. The molecule has 0 radical (unpaired) electrons. The largest absolute Gasteiger partial charge is 0.322 e. The Hall–Kier alpha value is -3.61. The Balaban J connectivity index is 1.50. The fourth-order valence-electron chi connectivity index (χ4n) is 4.15. The average Bonchev–Trinajstić information content (AvgIpc) is 3.02. The highest BCUT2D eigenvalue weighted by molar-refractivity contribution is 6.12. The summed E-state index contributed by atoms with van der Waals surface area (Å²) in [6.45, 7) is 2.63. The number of aryl methyl sites for hydroxylation is 2. The molecule has 0 spiro atoms. The molecule has 0 fully saturated rings. The monoisotopic (exact) mass is 415 g/mol. The topological polar surface area (TPSA) is 72.7 Å². The molecule has 7 heteroatoms. The molecule has 1 aliphatic heterocycles. The highest BCUT2D eigenvalue weighted by atomic mass is 19.1. The Labute approximate surface area is 179 Å². The summed E-state index contributed by atoms with van der Waals surface area (Å²) in [4.78, 5) is 17.6. The van der Waals surface area contributed by atoms with Gasteiger partial charge < -0.3 is 9.88 Å². The molecular weight excluding hydrogens is 393 g/mol.